The molecule has 1 aromatic rings. The van der Waals surface area contributed by atoms with Gasteiger partial charge in [0.1, 0.15) is 0 Å². The maximum atomic E-state index is 3.44. The van der Waals surface area contributed by atoms with Crippen molar-refractivity contribution in [2.75, 3.05) is 13.1 Å². The fourth-order valence-electron chi connectivity index (χ4n) is 1.66. The standard InChI is InChI=1S/C10H14N2/c1-10(11-7-8-12-10)9-5-3-2-4-6-9/h2-6,11-12H,7-8H2,1H3. The van der Waals surface area contributed by atoms with Gasteiger partial charge in [-0.2, -0.15) is 0 Å². The first-order chi connectivity index (χ1) is 5.81. The summed E-state index contributed by atoms with van der Waals surface area (Å²) < 4.78 is 0. The minimum Gasteiger partial charge on any atom is -0.295 e. The third kappa shape index (κ3) is 1.24. The Bertz CT molecular complexity index is 250. The summed E-state index contributed by atoms with van der Waals surface area (Å²) in [5.41, 5.74) is 1.30. The molecule has 1 fully saturated rings. The molecule has 1 heterocycles. The van der Waals surface area contributed by atoms with Crippen molar-refractivity contribution in [2.45, 2.75) is 12.6 Å². The molecule has 0 spiro atoms. The van der Waals surface area contributed by atoms with E-state index in [1.54, 1.807) is 0 Å². The van der Waals surface area contributed by atoms with Crippen molar-refractivity contribution < 1.29 is 0 Å². The molecule has 2 rings (SSSR count). The highest BCUT2D eigenvalue weighted by atomic mass is 15.2. The Labute approximate surface area is 73.0 Å². The minimum absolute atomic E-state index is 0.0126. The molecule has 0 aromatic heterocycles. The predicted molar refractivity (Wildman–Crippen MR) is 49.8 cm³/mol. The van der Waals surface area contributed by atoms with E-state index in [0.717, 1.165) is 13.1 Å². The van der Waals surface area contributed by atoms with E-state index in [4.69, 9.17) is 0 Å². The Morgan fingerprint density at radius 3 is 2.25 bits per heavy atom. The second kappa shape index (κ2) is 2.88. The molecule has 0 unspecified atom stereocenters. The third-order valence-electron chi connectivity index (χ3n) is 2.43. The predicted octanol–water partition coefficient (Wildman–Crippen LogP) is 1.05. The summed E-state index contributed by atoms with van der Waals surface area (Å²) in [6.07, 6.45) is 0. The van der Waals surface area contributed by atoms with Crippen LogP contribution in [0, 0.1) is 0 Å². The van der Waals surface area contributed by atoms with Crippen molar-refractivity contribution in [1.82, 2.24) is 10.6 Å². The lowest BCUT2D eigenvalue weighted by Gasteiger charge is -2.25. The first-order valence-corrected chi connectivity index (χ1v) is 4.37. The summed E-state index contributed by atoms with van der Waals surface area (Å²) in [6, 6.07) is 10.5. The molecular weight excluding hydrogens is 148 g/mol. The molecule has 2 N–H and O–H groups in total. The van der Waals surface area contributed by atoms with E-state index in [1.165, 1.54) is 5.56 Å². The van der Waals surface area contributed by atoms with Crippen molar-refractivity contribution >= 4 is 0 Å². The van der Waals surface area contributed by atoms with Gasteiger partial charge in [-0.1, -0.05) is 30.3 Å². The molecule has 0 aliphatic carbocycles. The molecule has 0 saturated carbocycles. The fourth-order valence-corrected chi connectivity index (χ4v) is 1.66. The SMILES string of the molecule is CC1(c2ccccc2)NCCN1. The van der Waals surface area contributed by atoms with Crippen molar-refractivity contribution in [1.29, 1.82) is 0 Å². The average Bonchev–Trinajstić information content (AvgIpc) is 2.55. The number of hydrogen-bond donors (Lipinski definition) is 2. The second-order valence-corrected chi connectivity index (χ2v) is 3.34. The molecule has 1 aliphatic heterocycles. The van der Waals surface area contributed by atoms with Crippen LogP contribution in [-0.4, -0.2) is 13.1 Å². The van der Waals surface area contributed by atoms with Crippen LogP contribution < -0.4 is 10.6 Å². The van der Waals surface area contributed by atoms with Gasteiger partial charge in [0, 0.05) is 13.1 Å². The number of hydrogen-bond acceptors (Lipinski definition) is 2. The van der Waals surface area contributed by atoms with Crippen LogP contribution in [0.25, 0.3) is 0 Å². The van der Waals surface area contributed by atoms with Crippen LogP contribution in [0.1, 0.15) is 12.5 Å². The summed E-state index contributed by atoms with van der Waals surface area (Å²) in [5.74, 6) is 0. The van der Waals surface area contributed by atoms with Crippen molar-refractivity contribution in [3.63, 3.8) is 0 Å². The van der Waals surface area contributed by atoms with Crippen LogP contribution in [0.4, 0.5) is 0 Å². The van der Waals surface area contributed by atoms with Gasteiger partial charge in [-0.3, -0.25) is 10.6 Å². The number of benzene rings is 1. The van der Waals surface area contributed by atoms with Gasteiger partial charge in [-0.05, 0) is 12.5 Å². The van der Waals surface area contributed by atoms with Crippen LogP contribution in [-0.2, 0) is 5.66 Å². The highest BCUT2D eigenvalue weighted by Crippen LogP contribution is 2.18. The Morgan fingerprint density at radius 2 is 1.67 bits per heavy atom. The van der Waals surface area contributed by atoms with Crippen LogP contribution >= 0.6 is 0 Å². The maximum Gasteiger partial charge on any atom is 0.0921 e. The zero-order valence-corrected chi connectivity index (χ0v) is 7.30. The average molecular weight is 162 g/mol. The molecular formula is C10H14N2. The highest BCUT2D eigenvalue weighted by molar-refractivity contribution is 5.23. The summed E-state index contributed by atoms with van der Waals surface area (Å²) in [4.78, 5) is 0. The molecule has 1 saturated heterocycles. The Kier molecular flexibility index (Phi) is 1.87. The largest absolute Gasteiger partial charge is 0.295 e. The molecule has 0 radical (unpaired) electrons. The first kappa shape index (κ1) is 7.77. The zero-order valence-electron chi connectivity index (χ0n) is 7.30. The molecule has 1 aliphatic rings. The smallest absolute Gasteiger partial charge is 0.0921 e. The number of nitrogens with one attached hydrogen (secondary N) is 2. The van der Waals surface area contributed by atoms with Gasteiger partial charge in [-0.25, -0.2) is 0 Å². The Morgan fingerprint density at radius 1 is 1.08 bits per heavy atom. The van der Waals surface area contributed by atoms with Gasteiger partial charge in [0.2, 0.25) is 0 Å². The zero-order chi connectivity index (χ0) is 8.44. The first-order valence-electron chi connectivity index (χ1n) is 4.37. The highest BCUT2D eigenvalue weighted by Gasteiger charge is 2.28. The van der Waals surface area contributed by atoms with E-state index >= 15 is 0 Å². The molecule has 1 aromatic carbocycles. The van der Waals surface area contributed by atoms with Crippen molar-refractivity contribution in [2.24, 2.45) is 0 Å². The summed E-state index contributed by atoms with van der Waals surface area (Å²) in [7, 11) is 0. The van der Waals surface area contributed by atoms with Crippen LogP contribution in [0.2, 0.25) is 0 Å². The van der Waals surface area contributed by atoms with E-state index in [9.17, 15) is 0 Å². The lowest BCUT2D eigenvalue weighted by atomic mass is 10.0. The molecule has 64 valence electrons. The third-order valence-corrected chi connectivity index (χ3v) is 2.43. The van der Waals surface area contributed by atoms with Gasteiger partial charge in [-0.15, -0.1) is 0 Å². The van der Waals surface area contributed by atoms with Gasteiger partial charge in [0.25, 0.3) is 0 Å². The molecule has 0 bridgehead atoms. The maximum absolute atomic E-state index is 3.44. The quantitative estimate of drug-likeness (QED) is 0.645. The van der Waals surface area contributed by atoms with Crippen LogP contribution in [0.15, 0.2) is 30.3 Å². The monoisotopic (exact) mass is 162 g/mol. The summed E-state index contributed by atoms with van der Waals surface area (Å²) in [5, 5.41) is 6.88. The second-order valence-electron chi connectivity index (χ2n) is 3.34. The van der Waals surface area contributed by atoms with Gasteiger partial charge < -0.3 is 0 Å². The van der Waals surface area contributed by atoms with E-state index in [0.29, 0.717) is 0 Å². The van der Waals surface area contributed by atoms with E-state index in [-0.39, 0.29) is 5.66 Å². The van der Waals surface area contributed by atoms with Crippen LogP contribution in [0.3, 0.4) is 0 Å². The lowest BCUT2D eigenvalue weighted by Crippen LogP contribution is -2.42. The summed E-state index contributed by atoms with van der Waals surface area (Å²) >= 11 is 0. The van der Waals surface area contributed by atoms with E-state index in [2.05, 4.69) is 41.8 Å². The van der Waals surface area contributed by atoms with Crippen LogP contribution in [0.5, 0.6) is 0 Å². The minimum atomic E-state index is -0.0126. The van der Waals surface area contributed by atoms with Crippen molar-refractivity contribution in [3.8, 4) is 0 Å². The molecule has 0 atom stereocenters. The van der Waals surface area contributed by atoms with Gasteiger partial charge in [0.15, 0.2) is 0 Å². The van der Waals surface area contributed by atoms with Gasteiger partial charge >= 0.3 is 0 Å². The van der Waals surface area contributed by atoms with Gasteiger partial charge in [0.05, 0.1) is 5.66 Å². The van der Waals surface area contributed by atoms with Crippen molar-refractivity contribution in [3.05, 3.63) is 35.9 Å². The molecule has 12 heavy (non-hydrogen) atoms. The topological polar surface area (TPSA) is 24.1 Å². The normalized spacial score (nSPS) is 21.1. The van der Waals surface area contributed by atoms with E-state index in [1.807, 2.05) is 6.07 Å². The molecule has 0 amide bonds. The Balaban J connectivity index is 2.29. The lowest BCUT2D eigenvalue weighted by molar-refractivity contribution is 0.385. The Hall–Kier alpha value is -0.860. The fraction of sp³-hybridized carbons (Fsp3) is 0.400. The van der Waals surface area contributed by atoms with E-state index < -0.39 is 0 Å². The number of rotatable bonds is 1. The summed E-state index contributed by atoms with van der Waals surface area (Å²) in [6.45, 7) is 4.27. The molecule has 2 heteroatoms. The molecule has 2 nitrogen and oxygen atoms in total.